The van der Waals surface area contributed by atoms with Crippen molar-refractivity contribution < 1.29 is 16.8 Å². The Hall–Kier alpha value is -0.404. The third kappa shape index (κ3) is 2.05. The van der Waals surface area contributed by atoms with E-state index in [4.69, 9.17) is 0 Å². The molecule has 0 bridgehead atoms. The fraction of sp³-hybridized carbons (Fsp3) is 0. The molecule has 0 aliphatic rings. The molecule has 0 N–H and O–H groups in total. The van der Waals surface area contributed by atoms with Crippen molar-refractivity contribution in [1.29, 1.82) is 0 Å². The molecule has 0 aliphatic heterocycles. The van der Waals surface area contributed by atoms with E-state index in [1.807, 2.05) is 30.3 Å². The summed E-state index contributed by atoms with van der Waals surface area (Å²) in [5, 5.41) is 0. The van der Waals surface area contributed by atoms with Crippen LogP contribution < -0.4 is 0 Å². The van der Waals surface area contributed by atoms with E-state index in [0.29, 0.717) is 0 Å². The average molecular weight is 150 g/mol. The summed E-state index contributed by atoms with van der Waals surface area (Å²) in [5.74, 6) is 0. The molecule has 1 rings (SSSR count). The van der Waals surface area contributed by atoms with Gasteiger partial charge in [-0.15, -0.1) is 12.1 Å². The number of benzene rings is 1. The van der Waals surface area contributed by atoms with Crippen molar-refractivity contribution in [3.8, 4) is 0 Å². The summed E-state index contributed by atoms with van der Waals surface area (Å²) in [5.41, 5.74) is 1.07. The van der Waals surface area contributed by atoms with Crippen LogP contribution in [0.5, 0.6) is 0 Å². The molecule has 0 heterocycles. The first-order valence-corrected chi connectivity index (χ1v) is 2.26. The topological polar surface area (TPSA) is 0 Å². The maximum absolute atomic E-state index is 3.72. The Morgan fingerprint density at radius 1 is 1.00 bits per heavy atom. The zero-order valence-corrected chi connectivity index (χ0v) is 5.47. The molecule has 1 radical (unpaired) electrons. The maximum atomic E-state index is 3.72. The van der Waals surface area contributed by atoms with E-state index in [2.05, 4.69) is 6.92 Å². The largest absolute Gasteiger partial charge is 2.00 e. The quantitative estimate of drug-likeness (QED) is 0.495. The van der Waals surface area contributed by atoms with Crippen LogP contribution in [-0.2, 0) is 16.8 Å². The first-order valence-electron chi connectivity index (χ1n) is 2.26. The van der Waals surface area contributed by atoms with Gasteiger partial charge in [-0.1, -0.05) is 6.07 Å². The maximum Gasteiger partial charge on any atom is 2.00 e. The molecule has 0 atom stereocenters. The monoisotopic (exact) mass is 150 g/mol. The molecule has 8 heavy (non-hydrogen) atoms. The standard InChI is InChI=1S/C7H7.Co/c1-7-5-3-2-4-6-7;/h2-6H,1H2;/q-1;+2. The van der Waals surface area contributed by atoms with Crippen LogP contribution in [0.1, 0.15) is 5.56 Å². The Morgan fingerprint density at radius 3 is 1.75 bits per heavy atom. The van der Waals surface area contributed by atoms with Crippen LogP contribution in [0.4, 0.5) is 0 Å². The van der Waals surface area contributed by atoms with Gasteiger partial charge in [-0.3, -0.25) is 0 Å². The molecule has 1 aromatic rings. The molecule has 0 unspecified atom stereocenters. The smallest absolute Gasteiger partial charge is 0.199 e. The molecule has 1 aromatic carbocycles. The SMILES string of the molecule is [CH2-]c1ccccc1.[Co+2]. The first kappa shape index (κ1) is 7.60. The van der Waals surface area contributed by atoms with Crippen LogP contribution in [-0.4, -0.2) is 0 Å². The van der Waals surface area contributed by atoms with Gasteiger partial charge in [0.1, 0.15) is 0 Å². The van der Waals surface area contributed by atoms with Gasteiger partial charge in [-0.25, -0.2) is 0 Å². The summed E-state index contributed by atoms with van der Waals surface area (Å²) in [4.78, 5) is 0. The van der Waals surface area contributed by atoms with Crippen molar-refractivity contribution in [2.45, 2.75) is 0 Å². The summed E-state index contributed by atoms with van der Waals surface area (Å²) in [7, 11) is 0. The Morgan fingerprint density at radius 2 is 1.50 bits per heavy atom. The summed E-state index contributed by atoms with van der Waals surface area (Å²) in [6, 6.07) is 9.87. The minimum absolute atomic E-state index is 0. The van der Waals surface area contributed by atoms with E-state index in [-0.39, 0.29) is 16.8 Å². The molecule has 0 aliphatic carbocycles. The summed E-state index contributed by atoms with van der Waals surface area (Å²) in [6.45, 7) is 3.72. The van der Waals surface area contributed by atoms with Crippen LogP contribution >= 0.6 is 0 Å². The van der Waals surface area contributed by atoms with Crippen molar-refractivity contribution in [2.75, 3.05) is 0 Å². The van der Waals surface area contributed by atoms with Crippen molar-refractivity contribution in [2.24, 2.45) is 0 Å². The Kier molecular flexibility index (Phi) is 3.40. The molecular formula is C7H7Co+. The van der Waals surface area contributed by atoms with Crippen LogP contribution in [0.3, 0.4) is 0 Å². The molecule has 1 heteroatoms. The van der Waals surface area contributed by atoms with E-state index in [0.717, 1.165) is 5.56 Å². The van der Waals surface area contributed by atoms with E-state index in [1.54, 1.807) is 0 Å². The molecule has 43 valence electrons. The molecule has 0 spiro atoms. The zero-order chi connectivity index (χ0) is 5.11. The van der Waals surface area contributed by atoms with Gasteiger partial charge < -0.3 is 0 Å². The first-order chi connectivity index (χ1) is 3.39. The van der Waals surface area contributed by atoms with Gasteiger partial charge in [0.2, 0.25) is 0 Å². The van der Waals surface area contributed by atoms with E-state index in [1.165, 1.54) is 0 Å². The Bertz CT molecular complexity index is 134. The van der Waals surface area contributed by atoms with E-state index in [9.17, 15) is 0 Å². The second kappa shape index (κ2) is 3.58. The molecule has 0 amide bonds. The molecule has 0 nitrogen and oxygen atoms in total. The van der Waals surface area contributed by atoms with Crippen LogP contribution in [0.2, 0.25) is 0 Å². The Balaban J connectivity index is 0.000000490. The minimum Gasteiger partial charge on any atom is -0.199 e. The third-order valence-corrected chi connectivity index (χ3v) is 0.843. The van der Waals surface area contributed by atoms with Crippen LogP contribution in [0, 0.1) is 6.92 Å². The zero-order valence-electron chi connectivity index (χ0n) is 4.43. The van der Waals surface area contributed by atoms with Crippen LogP contribution in [0.15, 0.2) is 30.3 Å². The number of hydrogen-bond donors (Lipinski definition) is 0. The van der Waals surface area contributed by atoms with Crippen molar-refractivity contribution >= 4 is 0 Å². The summed E-state index contributed by atoms with van der Waals surface area (Å²) in [6.07, 6.45) is 0. The van der Waals surface area contributed by atoms with Gasteiger partial charge in [-0.2, -0.15) is 24.6 Å². The second-order valence-corrected chi connectivity index (χ2v) is 1.49. The van der Waals surface area contributed by atoms with Gasteiger partial charge in [0.15, 0.2) is 0 Å². The van der Waals surface area contributed by atoms with E-state index < -0.39 is 0 Å². The minimum atomic E-state index is 0. The predicted octanol–water partition coefficient (Wildman–Crippen LogP) is 1.87. The van der Waals surface area contributed by atoms with Gasteiger partial charge in [0.05, 0.1) is 0 Å². The van der Waals surface area contributed by atoms with Gasteiger partial charge in [0, 0.05) is 0 Å². The van der Waals surface area contributed by atoms with Crippen molar-refractivity contribution in [3.63, 3.8) is 0 Å². The second-order valence-electron chi connectivity index (χ2n) is 1.49. The Labute approximate surface area is 60.1 Å². The van der Waals surface area contributed by atoms with Crippen molar-refractivity contribution in [3.05, 3.63) is 42.8 Å². The normalized spacial score (nSPS) is 7.50. The fourth-order valence-electron chi connectivity index (χ4n) is 0.478. The average Bonchev–Trinajstić information content (AvgIpc) is 1.69. The summed E-state index contributed by atoms with van der Waals surface area (Å²) >= 11 is 0. The van der Waals surface area contributed by atoms with Gasteiger partial charge >= 0.3 is 16.8 Å². The fourth-order valence-corrected chi connectivity index (χ4v) is 0.478. The predicted molar refractivity (Wildman–Crippen MR) is 30.9 cm³/mol. The van der Waals surface area contributed by atoms with E-state index >= 15 is 0 Å². The molecule has 0 saturated heterocycles. The summed E-state index contributed by atoms with van der Waals surface area (Å²) < 4.78 is 0. The number of rotatable bonds is 0. The molecule has 0 fully saturated rings. The third-order valence-electron chi connectivity index (χ3n) is 0.843. The molecular weight excluding hydrogens is 143 g/mol. The molecule has 0 saturated carbocycles. The van der Waals surface area contributed by atoms with Crippen LogP contribution in [0.25, 0.3) is 0 Å². The van der Waals surface area contributed by atoms with Gasteiger partial charge in [-0.05, 0) is 0 Å². The number of hydrogen-bond acceptors (Lipinski definition) is 0. The molecule has 0 aromatic heterocycles. The van der Waals surface area contributed by atoms with Gasteiger partial charge in [0.25, 0.3) is 0 Å². The van der Waals surface area contributed by atoms with Crippen molar-refractivity contribution in [1.82, 2.24) is 0 Å².